The summed E-state index contributed by atoms with van der Waals surface area (Å²) in [5.41, 5.74) is 10.1. The summed E-state index contributed by atoms with van der Waals surface area (Å²) < 4.78 is 0. The van der Waals surface area contributed by atoms with E-state index in [-0.39, 0.29) is 10.6 Å². The highest BCUT2D eigenvalue weighted by molar-refractivity contribution is 6.12. The average molecular weight is 442 g/mol. The molecule has 0 bridgehead atoms. The van der Waals surface area contributed by atoms with Crippen LogP contribution in [0.15, 0.2) is 127 Å². The predicted octanol–water partition coefficient (Wildman–Crippen LogP) is 7.89. The maximum absolute atomic E-state index is 11.2. The molecule has 0 unspecified atom stereocenters. The van der Waals surface area contributed by atoms with E-state index in [0.717, 1.165) is 44.5 Å². The first-order valence-electron chi connectivity index (χ1n) is 11.2. The molecule has 0 radical (unpaired) electrons. The number of hydrogen-bond acceptors (Lipinski definition) is 2. The lowest BCUT2D eigenvalue weighted by Crippen LogP contribution is -1.99. The van der Waals surface area contributed by atoms with Gasteiger partial charge in [0, 0.05) is 12.1 Å². The van der Waals surface area contributed by atoms with E-state index in [1.165, 1.54) is 5.56 Å². The molecule has 0 amide bonds. The van der Waals surface area contributed by atoms with Crippen LogP contribution >= 0.6 is 0 Å². The van der Waals surface area contributed by atoms with Crippen molar-refractivity contribution < 1.29 is 4.92 Å². The van der Waals surface area contributed by atoms with Crippen molar-refractivity contribution in [2.24, 2.45) is 0 Å². The van der Waals surface area contributed by atoms with Crippen LogP contribution in [0.4, 0.5) is 5.69 Å². The number of rotatable bonds is 5. The standard InChI is InChI=1S/C31H23NO2/c1-22-12-14-23(15-13-22)28-20-21-29(24-16-18-27(19-17-24)32(33)34)31(28)30(25-8-4-2-5-9-25)26-10-6-3-7-11-26/h2-21H,1H3. The van der Waals surface area contributed by atoms with Gasteiger partial charge in [0.15, 0.2) is 0 Å². The van der Waals surface area contributed by atoms with Gasteiger partial charge in [-0.1, -0.05) is 103 Å². The smallest absolute Gasteiger partial charge is 0.258 e. The maximum atomic E-state index is 11.2. The first kappa shape index (κ1) is 21.4. The van der Waals surface area contributed by atoms with Crippen molar-refractivity contribution in [1.82, 2.24) is 0 Å². The Morgan fingerprint density at radius 1 is 0.618 bits per heavy atom. The Kier molecular flexibility index (Phi) is 5.75. The maximum Gasteiger partial charge on any atom is 0.269 e. The van der Waals surface area contributed by atoms with Gasteiger partial charge in [-0.3, -0.25) is 10.1 Å². The third-order valence-corrected chi connectivity index (χ3v) is 6.08. The number of nitro benzene ring substituents is 1. The van der Waals surface area contributed by atoms with E-state index < -0.39 is 0 Å². The average Bonchev–Trinajstić information content (AvgIpc) is 3.30. The second-order valence-electron chi connectivity index (χ2n) is 8.31. The Balaban J connectivity index is 1.77. The number of nitro groups is 1. The molecule has 3 nitrogen and oxygen atoms in total. The van der Waals surface area contributed by atoms with Crippen LogP contribution in [0.1, 0.15) is 27.8 Å². The van der Waals surface area contributed by atoms with Crippen LogP contribution in [0.3, 0.4) is 0 Å². The molecule has 0 N–H and O–H groups in total. The fourth-order valence-corrected chi connectivity index (χ4v) is 4.39. The van der Waals surface area contributed by atoms with Gasteiger partial charge in [0.25, 0.3) is 5.69 Å². The Morgan fingerprint density at radius 3 is 1.50 bits per heavy atom. The summed E-state index contributed by atoms with van der Waals surface area (Å²) >= 11 is 0. The molecule has 0 heterocycles. The van der Waals surface area contributed by atoms with Crippen molar-refractivity contribution in [3.63, 3.8) is 0 Å². The van der Waals surface area contributed by atoms with Crippen molar-refractivity contribution in [3.05, 3.63) is 165 Å². The normalized spacial score (nSPS) is 12.8. The molecule has 34 heavy (non-hydrogen) atoms. The summed E-state index contributed by atoms with van der Waals surface area (Å²) in [6.45, 7) is 2.09. The van der Waals surface area contributed by atoms with Crippen molar-refractivity contribution in [3.8, 4) is 0 Å². The van der Waals surface area contributed by atoms with Gasteiger partial charge in [-0.25, -0.2) is 0 Å². The van der Waals surface area contributed by atoms with Gasteiger partial charge in [-0.15, -0.1) is 0 Å². The van der Waals surface area contributed by atoms with Crippen molar-refractivity contribution in [1.29, 1.82) is 0 Å². The molecule has 4 aromatic carbocycles. The lowest BCUT2D eigenvalue weighted by molar-refractivity contribution is -0.384. The molecule has 0 spiro atoms. The van der Waals surface area contributed by atoms with Crippen molar-refractivity contribution in [2.75, 3.05) is 0 Å². The SMILES string of the molecule is Cc1ccc(C2=CC=C(c3ccc([N+](=O)[O-])cc3)C2=C(c2ccccc2)c2ccccc2)cc1. The zero-order chi connectivity index (χ0) is 23.5. The van der Waals surface area contributed by atoms with E-state index in [4.69, 9.17) is 0 Å². The van der Waals surface area contributed by atoms with Gasteiger partial charge in [0.1, 0.15) is 0 Å². The fraction of sp³-hybridized carbons (Fsp3) is 0.0323. The number of allylic oxidation sites excluding steroid dienone is 5. The van der Waals surface area contributed by atoms with E-state index in [2.05, 4.69) is 91.9 Å². The molecule has 0 saturated carbocycles. The first-order valence-corrected chi connectivity index (χ1v) is 11.2. The van der Waals surface area contributed by atoms with E-state index in [0.29, 0.717) is 0 Å². The minimum Gasteiger partial charge on any atom is -0.258 e. The molecule has 3 heteroatoms. The molecule has 5 rings (SSSR count). The third kappa shape index (κ3) is 4.12. The molecule has 0 aromatic heterocycles. The highest BCUT2D eigenvalue weighted by Crippen LogP contribution is 2.45. The molecule has 1 aliphatic carbocycles. The summed E-state index contributed by atoms with van der Waals surface area (Å²) in [5, 5.41) is 11.2. The summed E-state index contributed by atoms with van der Waals surface area (Å²) in [7, 11) is 0. The number of nitrogens with zero attached hydrogens (tertiary/aromatic N) is 1. The van der Waals surface area contributed by atoms with Gasteiger partial charge in [-0.2, -0.15) is 0 Å². The summed E-state index contributed by atoms with van der Waals surface area (Å²) in [5.74, 6) is 0. The number of benzene rings is 4. The van der Waals surface area contributed by atoms with E-state index in [9.17, 15) is 10.1 Å². The molecule has 0 fully saturated rings. The summed E-state index contributed by atoms with van der Waals surface area (Å²) in [4.78, 5) is 10.8. The summed E-state index contributed by atoms with van der Waals surface area (Å²) in [6.07, 6.45) is 4.28. The fourth-order valence-electron chi connectivity index (χ4n) is 4.39. The second-order valence-corrected chi connectivity index (χ2v) is 8.31. The molecule has 4 aromatic rings. The molecule has 1 aliphatic rings. The molecule has 164 valence electrons. The molecular formula is C31H23NO2. The van der Waals surface area contributed by atoms with Crippen LogP contribution in [0.2, 0.25) is 0 Å². The van der Waals surface area contributed by atoms with Crippen LogP contribution in [-0.2, 0) is 0 Å². The third-order valence-electron chi connectivity index (χ3n) is 6.08. The van der Waals surface area contributed by atoms with Gasteiger partial charge in [0.2, 0.25) is 0 Å². The first-order chi connectivity index (χ1) is 16.6. The highest BCUT2D eigenvalue weighted by Gasteiger charge is 2.25. The Labute approximate surface area is 199 Å². The molecular weight excluding hydrogens is 418 g/mol. The summed E-state index contributed by atoms with van der Waals surface area (Å²) in [6, 6.07) is 36.2. The lowest BCUT2D eigenvalue weighted by Gasteiger charge is -2.19. The van der Waals surface area contributed by atoms with Crippen molar-refractivity contribution >= 4 is 22.4 Å². The van der Waals surface area contributed by atoms with Crippen LogP contribution in [-0.4, -0.2) is 4.92 Å². The van der Waals surface area contributed by atoms with E-state index >= 15 is 0 Å². The Morgan fingerprint density at radius 2 is 1.06 bits per heavy atom. The number of non-ortho nitro benzene ring substituents is 1. The Hall–Kier alpha value is -4.50. The van der Waals surface area contributed by atoms with E-state index in [1.54, 1.807) is 12.1 Å². The van der Waals surface area contributed by atoms with Crippen LogP contribution in [0, 0.1) is 17.0 Å². The number of aryl methyl sites for hydroxylation is 1. The van der Waals surface area contributed by atoms with E-state index in [1.807, 2.05) is 24.3 Å². The molecule has 0 saturated heterocycles. The van der Waals surface area contributed by atoms with Crippen LogP contribution in [0.5, 0.6) is 0 Å². The lowest BCUT2D eigenvalue weighted by atomic mass is 9.83. The number of hydrogen-bond donors (Lipinski definition) is 0. The van der Waals surface area contributed by atoms with Crippen molar-refractivity contribution in [2.45, 2.75) is 6.92 Å². The minimum absolute atomic E-state index is 0.0888. The molecule has 0 aliphatic heterocycles. The Bertz CT molecular complexity index is 1390. The van der Waals surface area contributed by atoms with Gasteiger partial charge in [-0.05, 0) is 63.6 Å². The van der Waals surface area contributed by atoms with Gasteiger partial charge in [0.05, 0.1) is 4.92 Å². The monoisotopic (exact) mass is 441 g/mol. The highest BCUT2D eigenvalue weighted by atomic mass is 16.6. The van der Waals surface area contributed by atoms with Crippen LogP contribution in [0.25, 0.3) is 16.7 Å². The molecule has 0 atom stereocenters. The van der Waals surface area contributed by atoms with Crippen LogP contribution < -0.4 is 0 Å². The minimum atomic E-state index is -0.362. The quantitative estimate of drug-likeness (QED) is 0.233. The van der Waals surface area contributed by atoms with Gasteiger partial charge >= 0.3 is 0 Å². The largest absolute Gasteiger partial charge is 0.269 e. The zero-order valence-corrected chi connectivity index (χ0v) is 18.8. The predicted molar refractivity (Wildman–Crippen MR) is 139 cm³/mol. The topological polar surface area (TPSA) is 43.1 Å². The van der Waals surface area contributed by atoms with Gasteiger partial charge < -0.3 is 0 Å². The second kappa shape index (κ2) is 9.16. The zero-order valence-electron chi connectivity index (χ0n) is 18.8.